The number of phenolic OH excluding ortho intramolecular Hbond substituents is 1. The molecule has 3 aliphatic carbocycles. The fourth-order valence-electron chi connectivity index (χ4n) is 6.38. The van der Waals surface area contributed by atoms with E-state index in [-0.39, 0.29) is 36.3 Å². The molecule has 0 spiro atoms. The van der Waals surface area contributed by atoms with Crippen LogP contribution in [0.1, 0.15) is 37.0 Å². The molecule has 0 unspecified atom stereocenters. The van der Waals surface area contributed by atoms with Crippen molar-refractivity contribution < 1.29 is 34.8 Å². The number of primary amides is 1. The van der Waals surface area contributed by atoms with E-state index in [2.05, 4.69) is 5.32 Å². The predicted octanol–water partition coefficient (Wildman–Crippen LogP) is 1.09. The number of carbonyl (C=O) groups is 3. The topological polar surface area (TPSA) is 177 Å². The number of aromatic hydroxyl groups is 1. The van der Waals surface area contributed by atoms with Gasteiger partial charge in [-0.15, -0.1) is 0 Å². The third kappa shape index (κ3) is 4.29. The Bertz CT molecular complexity index is 1390. The van der Waals surface area contributed by atoms with Gasteiger partial charge in [0.15, 0.2) is 11.4 Å². The SMILES string of the molecule is C/C=C(\C)CNCc1cc(N(C)C)c2c(c1O)C(O)=C1C(=O)[C@]3(O)C(O)=C(C(N)=O)C(=O)[C@@H](N(C)C)[C@@H]3C[C@@H]1C2. The minimum atomic E-state index is -2.66. The van der Waals surface area contributed by atoms with Crippen LogP contribution < -0.4 is 16.0 Å². The highest BCUT2D eigenvalue weighted by molar-refractivity contribution is 6.24. The fraction of sp³-hybridized carbons (Fsp3) is 0.483. The molecule has 0 heterocycles. The van der Waals surface area contributed by atoms with Crippen LogP contribution in [0.2, 0.25) is 0 Å². The summed E-state index contributed by atoms with van der Waals surface area (Å²) in [6.45, 7) is 4.78. The van der Waals surface area contributed by atoms with E-state index in [0.29, 0.717) is 17.7 Å². The Labute approximate surface area is 233 Å². The Morgan fingerprint density at radius 2 is 1.85 bits per heavy atom. The Morgan fingerprint density at radius 1 is 1.20 bits per heavy atom. The van der Waals surface area contributed by atoms with Gasteiger partial charge in [-0.3, -0.25) is 19.3 Å². The van der Waals surface area contributed by atoms with E-state index in [1.54, 1.807) is 14.1 Å². The minimum absolute atomic E-state index is 0.0470. The summed E-state index contributed by atoms with van der Waals surface area (Å²) in [5.74, 6) is -6.58. The molecule has 4 atom stereocenters. The molecule has 7 N–H and O–H groups in total. The summed E-state index contributed by atoms with van der Waals surface area (Å²) in [6, 6.07) is 0.722. The van der Waals surface area contributed by atoms with Gasteiger partial charge in [0, 0.05) is 49.9 Å². The van der Waals surface area contributed by atoms with Crippen LogP contribution >= 0.6 is 0 Å². The molecule has 0 aliphatic heterocycles. The van der Waals surface area contributed by atoms with Gasteiger partial charge in [0.2, 0.25) is 5.78 Å². The summed E-state index contributed by atoms with van der Waals surface area (Å²) in [6.07, 6.45) is 2.26. The molecule has 1 fully saturated rings. The lowest BCUT2D eigenvalue weighted by molar-refractivity contribution is -0.153. The Morgan fingerprint density at radius 3 is 2.40 bits per heavy atom. The van der Waals surface area contributed by atoms with Gasteiger partial charge >= 0.3 is 0 Å². The number of likely N-dealkylation sites (N-methyl/N-ethyl adjacent to an activating group) is 1. The van der Waals surface area contributed by atoms with Crippen molar-refractivity contribution in [1.29, 1.82) is 0 Å². The molecule has 40 heavy (non-hydrogen) atoms. The second kappa shape index (κ2) is 10.4. The first-order chi connectivity index (χ1) is 18.7. The lowest BCUT2D eigenvalue weighted by atomic mass is 9.57. The van der Waals surface area contributed by atoms with E-state index in [1.807, 2.05) is 45.0 Å². The van der Waals surface area contributed by atoms with E-state index in [0.717, 1.165) is 11.3 Å². The maximum atomic E-state index is 14.0. The van der Waals surface area contributed by atoms with Crippen LogP contribution in [-0.2, 0) is 27.3 Å². The highest BCUT2D eigenvalue weighted by Gasteiger charge is 2.64. The summed E-state index contributed by atoms with van der Waals surface area (Å²) in [7, 11) is 6.82. The number of aliphatic hydroxyl groups is 3. The van der Waals surface area contributed by atoms with Crippen LogP contribution in [0, 0.1) is 11.8 Å². The molecule has 216 valence electrons. The highest BCUT2D eigenvalue weighted by atomic mass is 16.3. The van der Waals surface area contributed by atoms with Gasteiger partial charge < -0.3 is 36.4 Å². The number of amides is 1. The summed E-state index contributed by atoms with van der Waals surface area (Å²) in [4.78, 5) is 42.7. The maximum Gasteiger partial charge on any atom is 0.255 e. The van der Waals surface area contributed by atoms with Crippen molar-refractivity contribution in [2.45, 2.75) is 44.9 Å². The van der Waals surface area contributed by atoms with Crippen LogP contribution in [0.25, 0.3) is 5.76 Å². The number of fused-ring (bicyclic) bond motifs is 3. The maximum absolute atomic E-state index is 14.0. The number of allylic oxidation sites excluding steroid dienone is 1. The van der Waals surface area contributed by atoms with Crippen molar-refractivity contribution in [3.05, 3.63) is 51.3 Å². The average molecular weight is 555 g/mol. The number of nitrogens with zero attached hydrogens (tertiary/aromatic N) is 2. The smallest absolute Gasteiger partial charge is 0.255 e. The summed E-state index contributed by atoms with van der Waals surface area (Å²) < 4.78 is 0. The summed E-state index contributed by atoms with van der Waals surface area (Å²) in [5, 5.41) is 48.9. The first-order valence-corrected chi connectivity index (χ1v) is 13.2. The van der Waals surface area contributed by atoms with Gasteiger partial charge in [0.25, 0.3) is 5.91 Å². The number of carbonyl (C=O) groups excluding carboxylic acids is 3. The molecule has 1 aromatic rings. The van der Waals surface area contributed by atoms with Crippen LogP contribution in [0.5, 0.6) is 5.75 Å². The van der Waals surface area contributed by atoms with Gasteiger partial charge in [-0.25, -0.2) is 0 Å². The van der Waals surface area contributed by atoms with Crippen molar-refractivity contribution >= 4 is 28.9 Å². The van der Waals surface area contributed by atoms with Crippen LogP contribution in [0.4, 0.5) is 5.69 Å². The summed E-state index contributed by atoms with van der Waals surface area (Å²) in [5.41, 5.74) is 4.80. The van der Waals surface area contributed by atoms with Gasteiger partial charge in [0.1, 0.15) is 22.8 Å². The number of benzene rings is 1. The zero-order valence-corrected chi connectivity index (χ0v) is 23.7. The van der Waals surface area contributed by atoms with E-state index in [9.17, 15) is 34.8 Å². The Kier molecular flexibility index (Phi) is 7.61. The monoisotopic (exact) mass is 554 g/mol. The molecule has 11 heteroatoms. The standard InChI is InChI=1S/C29H38N4O7/c1-7-13(2)11-31-12-15-10-18(32(3)4)16-8-14-9-17-22(33(5)6)25(36)21(28(30)39)27(38)29(17,40)26(37)19(14)24(35)20(16)23(15)34/h7,10,14,17,22,31,34-35,38,40H,8-9,11-12H2,1-6H3,(H2,30,39)/b13-7+/t14-,17-,22-,29-/m0/s1. The Balaban J connectivity index is 1.91. The third-order valence-electron chi connectivity index (χ3n) is 8.47. The normalized spacial score (nSPS) is 26.6. The van der Waals surface area contributed by atoms with Crippen LogP contribution in [-0.4, -0.2) is 89.2 Å². The minimum Gasteiger partial charge on any atom is -0.508 e. The molecule has 1 aromatic carbocycles. The fourth-order valence-corrected chi connectivity index (χ4v) is 6.38. The van der Waals surface area contributed by atoms with Crippen molar-refractivity contribution in [2.75, 3.05) is 39.6 Å². The predicted molar refractivity (Wildman–Crippen MR) is 150 cm³/mol. The number of nitrogens with two attached hydrogens (primary N) is 1. The molecule has 0 bridgehead atoms. The van der Waals surface area contributed by atoms with Crippen LogP contribution in [0.15, 0.2) is 34.6 Å². The molecule has 4 rings (SSSR count). The Hall–Kier alpha value is -3.67. The van der Waals surface area contributed by atoms with Gasteiger partial charge in [-0.1, -0.05) is 11.6 Å². The molecule has 3 aliphatic rings. The van der Waals surface area contributed by atoms with Crippen molar-refractivity contribution in [3.63, 3.8) is 0 Å². The second-order valence-electron chi connectivity index (χ2n) is 11.4. The molecule has 0 radical (unpaired) electrons. The van der Waals surface area contributed by atoms with Gasteiger partial charge in [-0.05, 0) is 58.3 Å². The van der Waals surface area contributed by atoms with Crippen molar-refractivity contribution in [3.8, 4) is 5.75 Å². The van der Waals surface area contributed by atoms with E-state index < -0.39 is 58.0 Å². The molecule has 0 saturated heterocycles. The largest absolute Gasteiger partial charge is 0.508 e. The first-order valence-electron chi connectivity index (χ1n) is 13.2. The number of phenols is 1. The van der Waals surface area contributed by atoms with E-state index in [4.69, 9.17) is 5.73 Å². The number of ketones is 2. The molecule has 1 saturated carbocycles. The van der Waals surface area contributed by atoms with Gasteiger partial charge in [-0.2, -0.15) is 0 Å². The quantitative estimate of drug-likeness (QED) is 0.211. The number of rotatable bonds is 7. The lowest BCUT2D eigenvalue weighted by Crippen LogP contribution is -2.65. The zero-order chi connectivity index (χ0) is 29.8. The number of Topliss-reactive ketones (excluding diaryl/α,β-unsaturated/α-hetero) is 2. The first kappa shape index (κ1) is 29.3. The third-order valence-corrected chi connectivity index (χ3v) is 8.47. The number of aliphatic hydroxyl groups excluding tert-OH is 2. The molecule has 11 nitrogen and oxygen atoms in total. The molecule has 1 amide bonds. The van der Waals surface area contributed by atoms with E-state index in [1.165, 1.54) is 4.90 Å². The molecular weight excluding hydrogens is 516 g/mol. The van der Waals surface area contributed by atoms with Crippen LogP contribution in [0.3, 0.4) is 0 Å². The number of hydrogen-bond donors (Lipinski definition) is 6. The number of anilines is 1. The lowest BCUT2D eigenvalue weighted by Gasteiger charge is -2.50. The second-order valence-corrected chi connectivity index (χ2v) is 11.4. The van der Waals surface area contributed by atoms with E-state index >= 15 is 0 Å². The number of hydrogen-bond acceptors (Lipinski definition) is 10. The van der Waals surface area contributed by atoms with Gasteiger partial charge in [0.05, 0.1) is 11.6 Å². The summed E-state index contributed by atoms with van der Waals surface area (Å²) >= 11 is 0. The number of nitrogens with one attached hydrogen (secondary N) is 1. The van der Waals surface area contributed by atoms with Crippen molar-refractivity contribution in [1.82, 2.24) is 10.2 Å². The molecular formula is C29H38N4O7. The van der Waals surface area contributed by atoms with Crippen molar-refractivity contribution in [2.24, 2.45) is 17.6 Å². The molecule has 0 aromatic heterocycles. The average Bonchev–Trinajstić information content (AvgIpc) is 2.86. The highest BCUT2D eigenvalue weighted by Crippen LogP contribution is 2.54. The zero-order valence-electron chi connectivity index (χ0n) is 23.7.